The molecule has 1 unspecified atom stereocenters. The Balaban J connectivity index is 1.41. The molecule has 3 aromatic rings. The van der Waals surface area contributed by atoms with Crippen molar-refractivity contribution >= 4 is 29.4 Å². The number of aryl methyl sites for hydroxylation is 1. The number of rotatable bonds is 6. The zero-order chi connectivity index (χ0) is 23.3. The van der Waals surface area contributed by atoms with Crippen LogP contribution >= 0.6 is 0 Å². The lowest BCUT2D eigenvalue weighted by molar-refractivity contribution is 0.0926. The number of fused-ring (bicyclic) bond motifs is 1. The average Bonchev–Trinajstić information content (AvgIpc) is 3.29. The molecular formula is C24H30N8O2. The fraction of sp³-hybridized carbons (Fsp3) is 0.417. The van der Waals surface area contributed by atoms with Crippen molar-refractivity contribution in [1.29, 1.82) is 0 Å². The number of anilines is 2. The monoisotopic (exact) mass is 462 g/mol. The Bertz CT molecular complexity index is 1180. The van der Waals surface area contributed by atoms with Crippen molar-refractivity contribution in [3.8, 4) is 0 Å². The van der Waals surface area contributed by atoms with Crippen LogP contribution in [0.5, 0.6) is 0 Å². The molecule has 10 heteroatoms. The molecule has 178 valence electrons. The summed E-state index contributed by atoms with van der Waals surface area (Å²) in [5, 5.41) is 10.8. The molecule has 0 radical (unpaired) electrons. The van der Waals surface area contributed by atoms with Gasteiger partial charge in [-0.05, 0) is 31.9 Å². The number of ether oxygens (including phenoxy) is 1. The average molecular weight is 463 g/mol. The predicted molar refractivity (Wildman–Crippen MR) is 132 cm³/mol. The van der Waals surface area contributed by atoms with Gasteiger partial charge in [0.25, 0.3) is 5.91 Å². The summed E-state index contributed by atoms with van der Waals surface area (Å²) in [7, 11) is 0. The van der Waals surface area contributed by atoms with E-state index in [0.717, 1.165) is 31.5 Å². The maximum Gasteiger partial charge on any atom is 0.271 e. The fourth-order valence-electron chi connectivity index (χ4n) is 4.29. The molecule has 2 aliphatic heterocycles. The molecule has 3 N–H and O–H groups in total. The van der Waals surface area contributed by atoms with Crippen molar-refractivity contribution in [1.82, 2.24) is 25.0 Å². The fourth-order valence-corrected chi connectivity index (χ4v) is 4.29. The third-order valence-corrected chi connectivity index (χ3v) is 6.03. The summed E-state index contributed by atoms with van der Waals surface area (Å²) >= 11 is 0. The van der Waals surface area contributed by atoms with Crippen LogP contribution < -0.4 is 21.0 Å². The Morgan fingerprint density at radius 3 is 2.94 bits per heavy atom. The van der Waals surface area contributed by atoms with E-state index >= 15 is 0 Å². The van der Waals surface area contributed by atoms with Crippen LogP contribution in [0.1, 0.15) is 34.5 Å². The van der Waals surface area contributed by atoms with Gasteiger partial charge in [-0.25, -0.2) is 9.97 Å². The first-order valence-electron chi connectivity index (χ1n) is 11.8. The molecule has 10 nitrogen and oxygen atoms in total. The number of nitrogens with zero attached hydrogens (tertiary/aromatic N) is 5. The van der Waals surface area contributed by atoms with E-state index in [1.54, 1.807) is 18.6 Å². The Hall–Kier alpha value is -3.50. The first-order valence-corrected chi connectivity index (χ1v) is 11.8. The molecule has 34 heavy (non-hydrogen) atoms. The first-order chi connectivity index (χ1) is 16.7. The summed E-state index contributed by atoms with van der Waals surface area (Å²) in [6.07, 6.45) is 7.35. The molecule has 2 fully saturated rings. The van der Waals surface area contributed by atoms with Crippen molar-refractivity contribution in [3.63, 3.8) is 0 Å². The van der Waals surface area contributed by atoms with Gasteiger partial charge >= 0.3 is 0 Å². The third kappa shape index (κ3) is 5.18. The van der Waals surface area contributed by atoms with E-state index in [2.05, 4.69) is 37.1 Å². The van der Waals surface area contributed by atoms with E-state index in [-0.39, 0.29) is 11.9 Å². The minimum Gasteiger partial charge on any atom is -0.378 e. The predicted octanol–water partition coefficient (Wildman–Crippen LogP) is 1.80. The van der Waals surface area contributed by atoms with Crippen molar-refractivity contribution in [2.75, 3.05) is 49.7 Å². The van der Waals surface area contributed by atoms with Crippen LogP contribution in [0.2, 0.25) is 0 Å². The number of amides is 1. The summed E-state index contributed by atoms with van der Waals surface area (Å²) in [5.74, 6) is 1.11. The van der Waals surface area contributed by atoms with Gasteiger partial charge in [-0.3, -0.25) is 14.6 Å². The topological polar surface area (TPSA) is 108 Å². The van der Waals surface area contributed by atoms with Gasteiger partial charge in [-0.15, -0.1) is 0 Å². The molecule has 2 aliphatic rings. The molecule has 1 amide bonds. The van der Waals surface area contributed by atoms with E-state index in [9.17, 15) is 4.79 Å². The smallest absolute Gasteiger partial charge is 0.271 e. The van der Waals surface area contributed by atoms with E-state index < -0.39 is 0 Å². The number of hydrazone groups is 1. The van der Waals surface area contributed by atoms with Crippen LogP contribution in [0.15, 0.2) is 41.8 Å². The lowest BCUT2D eigenvalue weighted by atomic mass is 10.1. The van der Waals surface area contributed by atoms with Crippen LogP contribution in [0.4, 0.5) is 11.6 Å². The van der Waals surface area contributed by atoms with E-state index in [4.69, 9.17) is 9.72 Å². The molecule has 2 saturated heterocycles. The number of hydrogen-bond acceptors (Lipinski definition) is 8. The number of aromatic nitrogens is 3. The van der Waals surface area contributed by atoms with Crippen molar-refractivity contribution in [2.24, 2.45) is 5.10 Å². The highest BCUT2D eigenvalue weighted by Crippen LogP contribution is 2.23. The SMILES string of the molecule is Cc1cccc(/C=N/Nc2cn3cc(C(=O)NC4CCCNC4)nc3c(N3CCOCC3)n2)c1. The Morgan fingerprint density at radius 2 is 2.15 bits per heavy atom. The maximum atomic E-state index is 12.9. The summed E-state index contributed by atoms with van der Waals surface area (Å²) in [6.45, 7) is 6.50. The number of hydrogen-bond donors (Lipinski definition) is 3. The molecular weight excluding hydrogens is 432 g/mol. The molecule has 5 rings (SSSR count). The minimum absolute atomic E-state index is 0.121. The Labute approximate surface area is 198 Å². The summed E-state index contributed by atoms with van der Waals surface area (Å²) in [5.41, 5.74) is 6.22. The molecule has 0 spiro atoms. The molecule has 0 bridgehead atoms. The van der Waals surface area contributed by atoms with Gasteiger partial charge in [0.05, 0.1) is 25.6 Å². The molecule has 1 atom stereocenters. The van der Waals surface area contributed by atoms with Crippen LogP contribution in [-0.2, 0) is 4.74 Å². The zero-order valence-electron chi connectivity index (χ0n) is 19.3. The second kappa shape index (κ2) is 10.2. The van der Waals surface area contributed by atoms with E-state index in [1.807, 2.05) is 29.5 Å². The van der Waals surface area contributed by atoms with Crippen LogP contribution in [0.25, 0.3) is 5.65 Å². The van der Waals surface area contributed by atoms with Gasteiger partial charge < -0.3 is 20.3 Å². The van der Waals surface area contributed by atoms with Crippen molar-refractivity contribution in [3.05, 3.63) is 53.5 Å². The standard InChI is InChI=1S/C24H30N8O2/c1-17-4-2-5-18(12-17)13-26-30-21-16-32-15-20(24(33)27-19-6-3-7-25-14-19)28-22(32)23(29-21)31-8-10-34-11-9-31/h2,4-5,12-13,15-16,19,25,30H,3,6-11,14H2,1H3,(H,27,33)/b26-13+. The molecule has 1 aromatic carbocycles. The van der Waals surface area contributed by atoms with Crippen LogP contribution in [0.3, 0.4) is 0 Å². The quantitative estimate of drug-likeness (QED) is 0.379. The number of carbonyl (C=O) groups excluding carboxylic acids is 1. The lowest BCUT2D eigenvalue weighted by Crippen LogP contribution is -2.45. The lowest BCUT2D eigenvalue weighted by Gasteiger charge is -2.28. The minimum atomic E-state index is -0.169. The summed E-state index contributed by atoms with van der Waals surface area (Å²) in [6, 6.07) is 8.22. The number of piperidine rings is 1. The van der Waals surface area contributed by atoms with Crippen LogP contribution in [-0.4, -0.2) is 71.9 Å². The molecule has 0 aliphatic carbocycles. The highest BCUT2D eigenvalue weighted by molar-refractivity contribution is 5.93. The normalized spacial score (nSPS) is 19.0. The van der Waals surface area contributed by atoms with Crippen LogP contribution in [0, 0.1) is 6.92 Å². The highest BCUT2D eigenvalue weighted by atomic mass is 16.5. The molecule has 0 saturated carbocycles. The number of imidazole rings is 1. The Kier molecular flexibility index (Phi) is 6.68. The van der Waals surface area contributed by atoms with E-state index in [1.165, 1.54) is 5.56 Å². The third-order valence-electron chi connectivity index (χ3n) is 6.03. The number of morpholine rings is 1. The van der Waals surface area contributed by atoms with Gasteiger partial charge in [-0.2, -0.15) is 5.10 Å². The first kappa shape index (κ1) is 22.3. The number of nitrogens with one attached hydrogen (secondary N) is 3. The highest BCUT2D eigenvalue weighted by Gasteiger charge is 2.22. The molecule has 2 aromatic heterocycles. The second-order valence-corrected chi connectivity index (χ2v) is 8.71. The van der Waals surface area contributed by atoms with Gasteiger partial charge in [0, 0.05) is 31.9 Å². The van der Waals surface area contributed by atoms with Gasteiger partial charge in [0.1, 0.15) is 5.69 Å². The van der Waals surface area contributed by atoms with Crippen molar-refractivity contribution in [2.45, 2.75) is 25.8 Å². The Morgan fingerprint density at radius 1 is 1.26 bits per heavy atom. The zero-order valence-corrected chi connectivity index (χ0v) is 19.3. The molecule has 4 heterocycles. The van der Waals surface area contributed by atoms with Gasteiger partial charge in [0.2, 0.25) is 0 Å². The number of carbonyl (C=O) groups is 1. The maximum absolute atomic E-state index is 12.9. The van der Waals surface area contributed by atoms with E-state index in [0.29, 0.717) is 49.3 Å². The van der Waals surface area contributed by atoms with Crippen molar-refractivity contribution < 1.29 is 9.53 Å². The summed E-state index contributed by atoms with van der Waals surface area (Å²) in [4.78, 5) is 24.5. The van der Waals surface area contributed by atoms with Gasteiger partial charge in [-0.1, -0.05) is 29.8 Å². The largest absolute Gasteiger partial charge is 0.378 e. The summed E-state index contributed by atoms with van der Waals surface area (Å²) < 4.78 is 7.35. The van der Waals surface area contributed by atoms with Gasteiger partial charge in [0.15, 0.2) is 17.3 Å². The number of benzene rings is 1. The second-order valence-electron chi connectivity index (χ2n) is 8.71.